The average molecular weight is 539 g/mol. The zero-order chi connectivity index (χ0) is 24.2. The van der Waals surface area contributed by atoms with E-state index in [4.69, 9.17) is 0 Å². The van der Waals surface area contributed by atoms with Gasteiger partial charge in [-0.1, -0.05) is 61.4 Å². The molecule has 0 radical (unpaired) electrons. The van der Waals surface area contributed by atoms with Gasteiger partial charge in [-0.25, -0.2) is 0 Å². The van der Waals surface area contributed by atoms with Gasteiger partial charge in [0.1, 0.15) is 0 Å². The maximum absolute atomic E-state index is 13.7. The van der Waals surface area contributed by atoms with Gasteiger partial charge in [-0.2, -0.15) is 57.1 Å². The predicted octanol–water partition coefficient (Wildman–Crippen LogP) is 8.63. The van der Waals surface area contributed by atoms with Crippen molar-refractivity contribution in [1.29, 1.82) is 0 Å². The first-order valence-corrected chi connectivity index (χ1v) is 9.72. The molecule has 0 aromatic rings. The Labute approximate surface area is 172 Å². The van der Waals surface area contributed by atoms with Gasteiger partial charge >= 0.3 is 35.8 Å². The minimum atomic E-state index is -7.84. The topological polar surface area (TPSA) is 0 Å². The normalized spacial score (nSPS) is 16.1. The summed E-state index contributed by atoms with van der Waals surface area (Å²) in [4.78, 5) is -1.60. The van der Waals surface area contributed by atoms with Gasteiger partial charge in [0.05, 0.1) is 0 Å². The standard InChI is InChI=1S/C16H20BrF13/c1-2-3-4-5-6-7-8-10(17)9-11(18,19)12(20,21)13(22,23)14(24,25)15(26,27)16(28,29)30/h10H,2-9H2,1H3. The smallest absolute Gasteiger partial charge is 0.200 e. The molecule has 0 rings (SSSR count). The van der Waals surface area contributed by atoms with Crippen molar-refractivity contribution in [3.8, 4) is 0 Å². The maximum atomic E-state index is 13.7. The van der Waals surface area contributed by atoms with E-state index in [1.165, 1.54) is 0 Å². The molecule has 14 heteroatoms. The van der Waals surface area contributed by atoms with Crippen LogP contribution in [0.2, 0.25) is 0 Å². The Hall–Kier alpha value is -0.430. The van der Waals surface area contributed by atoms with Crippen molar-refractivity contribution >= 4 is 15.9 Å². The second-order valence-corrected chi connectivity index (χ2v) is 8.15. The first-order chi connectivity index (χ1) is 13.2. The lowest BCUT2D eigenvalue weighted by Gasteiger charge is -2.40. The van der Waals surface area contributed by atoms with E-state index in [0.717, 1.165) is 19.3 Å². The van der Waals surface area contributed by atoms with E-state index in [1.54, 1.807) is 0 Å². The van der Waals surface area contributed by atoms with Gasteiger partial charge in [0, 0.05) is 11.2 Å². The lowest BCUT2D eigenvalue weighted by molar-refractivity contribution is -0.440. The minimum Gasteiger partial charge on any atom is -0.200 e. The van der Waals surface area contributed by atoms with Crippen molar-refractivity contribution in [2.75, 3.05) is 0 Å². The fourth-order valence-electron chi connectivity index (χ4n) is 2.46. The van der Waals surface area contributed by atoms with E-state index >= 15 is 0 Å². The molecule has 0 amide bonds. The van der Waals surface area contributed by atoms with Gasteiger partial charge in [0.2, 0.25) is 0 Å². The first-order valence-electron chi connectivity index (χ1n) is 8.80. The Balaban J connectivity index is 5.41. The van der Waals surface area contributed by atoms with Crippen molar-refractivity contribution in [1.82, 2.24) is 0 Å². The molecule has 0 aromatic heterocycles. The highest BCUT2D eigenvalue weighted by Gasteiger charge is 2.90. The molecular weight excluding hydrogens is 519 g/mol. The molecule has 1 unspecified atom stereocenters. The van der Waals surface area contributed by atoms with Crippen LogP contribution in [0.1, 0.15) is 58.3 Å². The van der Waals surface area contributed by atoms with Crippen LogP contribution in [0.4, 0.5) is 57.1 Å². The van der Waals surface area contributed by atoms with Crippen molar-refractivity contribution < 1.29 is 57.1 Å². The number of alkyl halides is 14. The Morgan fingerprint density at radius 3 is 1.40 bits per heavy atom. The summed E-state index contributed by atoms with van der Waals surface area (Å²) < 4.78 is 169. The minimum absolute atomic E-state index is 0.181. The molecule has 0 aliphatic carbocycles. The monoisotopic (exact) mass is 538 g/mol. The summed E-state index contributed by atoms with van der Waals surface area (Å²) in [6.07, 6.45) is -5.94. The van der Waals surface area contributed by atoms with Crippen LogP contribution in [0.3, 0.4) is 0 Å². The molecule has 1 atom stereocenters. The van der Waals surface area contributed by atoms with Crippen molar-refractivity contribution in [3.05, 3.63) is 0 Å². The maximum Gasteiger partial charge on any atom is 0.460 e. The molecular formula is C16H20BrF13. The molecule has 0 aliphatic rings. The van der Waals surface area contributed by atoms with Crippen LogP contribution in [-0.4, -0.2) is 40.6 Å². The van der Waals surface area contributed by atoms with Crippen LogP contribution in [-0.2, 0) is 0 Å². The van der Waals surface area contributed by atoms with E-state index in [0.29, 0.717) is 12.8 Å². The molecule has 0 aliphatic heterocycles. The highest BCUT2D eigenvalue weighted by Crippen LogP contribution is 2.61. The fourth-order valence-corrected chi connectivity index (χ4v) is 3.19. The SMILES string of the molecule is CCCCCCCCC(Br)CC(F)(F)C(F)(F)C(F)(F)C(F)(F)C(F)(F)C(F)(F)F. The summed E-state index contributed by atoms with van der Waals surface area (Å²) in [6.45, 7) is 1.92. The van der Waals surface area contributed by atoms with Gasteiger partial charge in [0.15, 0.2) is 0 Å². The molecule has 0 heterocycles. The van der Waals surface area contributed by atoms with Gasteiger partial charge < -0.3 is 0 Å². The fraction of sp³-hybridized carbons (Fsp3) is 1.00. The number of hydrogen-bond donors (Lipinski definition) is 0. The zero-order valence-corrected chi connectivity index (χ0v) is 17.1. The molecule has 0 bridgehead atoms. The van der Waals surface area contributed by atoms with E-state index in [1.807, 2.05) is 6.92 Å². The van der Waals surface area contributed by atoms with Gasteiger partial charge in [-0.3, -0.25) is 0 Å². The Morgan fingerprint density at radius 2 is 0.967 bits per heavy atom. The van der Waals surface area contributed by atoms with Crippen molar-refractivity contribution in [3.63, 3.8) is 0 Å². The third-order valence-electron chi connectivity index (χ3n) is 4.35. The number of rotatable bonds is 13. The summed E-state index contributed by atoms with van der Waals surface area (Å²) in [7, 11) is 0. The lowest BCUT2D eigenvalue weighted by Crippen LogP contribution is -2.70. The molecule has 0 nitrogen and oxygen atoms in total. The third-order valence-corrected chi connectivity index (χ3v) is 5.13. The molecule has 0 aromatic carbocycles. The van der Waals surface area contributed by atoms with E-state index in [2.05, 4.69) is 15.9 Å². The Morgan fingerprint density at radius 1 is 0.567 bits per heavy atom. The van der Waals surface area contributed by atoms with E-state index in [9.17, 15) is 57.1 Å². The van der Waals surface area contributed by atoms with Crippen LogP contribution >= 0.6 is 15.9 Å². The van der Waals surface area contributed by atoms with Gasteiger partial charge in [-0.15, -0.1) is 0 Å². The third kappa shape index (κ3) is 5.87. The lowest BCUT2D eigenvalue weighted by atomic mass is 9.91. The van der Waals surface area contributed by atoms with E-state index < -0.39 is 47.0 Å². The van der Waals surface area contributed by atoms with Crippen LogP contribution in [0.15, 0.2) is 0 Å². The van der Waals surface area contributed by atoms with Crippen LogP contribution in [0.25, 0.3) is 0 Å². The summed E-state index contributed by atoms with van der Waals surface area (Å²) in [6, 6.07) is 0. The Kier molecular flexibility index (Phi) is 9.87. The summed E-state index contributed by atoms with van der Waals surface area (Å²) in [5.41, 5.74) is 0. The zero-order valence-electron chi connectivity index (χ0n) is 15.5. The van der Waals surface area contributed by atoms with Crippen molar-refractivity contribution in [2.24, 2.45) is 0 Å². The molecule has 0 saturated heterocycles. The summed E-state index contributed by atoms with van der Waals surface area (Å²) >= 11 is 2.50. The van der Waals surface area contributed by atoms with E-state index in [-0.39, 0.29) is 12.8 Å². The van der Waals surface area contributed by atoms with Crippen LogP contribution < -0.4 is 0 Å². The van der Waals surface area contributed by atoms with Crippen molar-refractivity contribution in [2.45, 2.75) is 98.9 Å². The quantitative estimate of drug-likeness (QED) is 0.125. The molecule has 0 N–H and O–H groups in total. The Bertz CT molecular complexity index is 528. The van der Waals surface area contributed by atoms with Gasteiger partial charge in [-0.05, 0) is 6.42 Å². The number of halogens is 14. The highest BCUT2D eigenvalue weighted by molar-refractivity contribution is 9.09. The molecule has 182 valence electrons. The van der Waals surface area contributed by atoms with Crippen LogP contribution in [0, 0.1) is 0 Å². The first kappa shape index (κ1) is 29.6. The number of unbranched alkanes of at least 4 members (excludes halogenated alkanes) is 5. The molecule has 0 fully saturated rings. The second-order valence-electron chi connectivity index (χ2n) is 6.86. The largest absolute Gasteiger partial charge is 0.460 e. The van der Waals surface area contributed by atoms with Gasteiger partial charge in [0.25, 0.3) is 0 Å². The molecule has 0 spiro atoms. The van der Waals surface area contributed by atoms with Crippen LogP contribution in [0.5, 0.6) is 0 Å². The molecule has 0 saturated carbocycles. The highest BCUT2D eigenvalue weighted by atomic mass is 79.9. The summed E-state index contributed by atoms with van der Waals surface area (Å²) in [5.74, 6) is -36.5. The number of hydrogen-bond acceptors (Lipinski definition) is 0. The predicted molar refractivity (Wildman–Crippen MR) is 86.1 cm³/mol. The second kappa shape index (κ2) is 10.0. The average Bonchev–Trinajstić information content (AvgIpc) is 2.55. The summed E-state index contributed by atoms with van der Waals surface area (Å²) in [5, 5.41) is 0. The molecule has 30 heavy (non-hydrogen) atoms.